The molecular formula is C12H20. The first-order valence-corrected chi connectivity index (χ1v) is 4.79. The SMILES string of the molecule is CC.CC(C)=CC1=CC=CCC1. The van der Waals surface area contributed by atoms with Gasteiger partial charge in [-0.05, 0) is 32.3 Å². The monoisotopic (exact) mass is 164 g/mol. The molecule has 0 nitrogen and oxygen atoms in total. The molecule has 1 rings (SSSR count). The van der Waals surface area contributed by atoms with Gasteiger partial charge in [0.15, 0.2) is 0 Å². The van der Waals surface area contributed by atoms with Crippen LogP contribution in [0.1, 0.15) is 40.5 Å². The fourth-order valence-corrected chi connectivity index (χ4v) is 1.11. The molecule has 0 bridgehead atoms. The summed E-state index contributed by atoms with van der Waals surface area (Å²) in [7, 11) is 0. The molecule has 1 aliphatic carbocycles. The van der Waals surface area contributed by atoms with E-state index in [2.05, 4.69) is 38.2 Å². The van der Waals surface area contributed by atoms with Gasteiger partial charge in [-0.15, -0.1) is 0 Å². The van der Waals surface area contributed by atoms with Crippen molar-refractivity contribution in [3.63, 3.8) is 0 Å². The third kappa shape index (κ3) is 4.95. The van der Waals surface area contributed by atoms with Gasteiger partial charge in [-0.3, -0.25) is 0 Å². The molecule has 0 saturated carbocycles. The van der Waals surface area contributed by atoms with E-state index in [9.17, 15) is 0 Å². The van der Waals surface area contributed by atoms with Crippen molar-refractivity contribution in [2.24, 2.45) is 0 Å². The third-order valence-electron chi connectivity index (χ3n) is 1.52. The Bertz CT molecular complexity index is 185. The number of hydrogen-bond acceptors (Lipinski definition) is 0. The average molecular weight is 164 g/mol. The molecule has 0 heterocycles. The van der Waals surface area contributed by atoms with Crippen molar-refractivity contribution in [2.75, 3.05) is 0 Å². The van der Waals surface area contributed by atoms with Crippen LogP contribution in [0.3, 0.4) is 0 Å². The average Bonchev–Trinajstić information content (AvgIpc) is 2.08. The lowest BCUT2D eigenvalue weighted by molar-refractivity contribution is 0.986. The highest BCUT2D eigenvalue weighted by Gasteiger charge is 1.93. The zero-order valence-corrected chi connectivity index (χ0v) is 8.72. The second kappa shape index (κ2) is 6.90. The Labute approximate surface area is 76.7 Å². The molecule has 0 aliphatic heterocycles. The molecule has 0 fully saturated rings. The molecule has 0 unspecified atom stereocenters. The van der Waals surface area contributed by atoms with Crippen molar-refractivity contribution in [1.29, 1.82) is 0 Å². The van der Waals surface area contributed by atoms with Crippen LogP contribution >= 0.6 is 0 Å². The highest BCUT2D eigenvalue weighted by molar-refractivity contribution is 5.28. The van der Waals surface area contributed by atoms with Crippen LogP contribution in [0.15, 0.2) is 35.5 Å². The van der Waals surface area contributed by atoms with E-state index >= 15 is 0 Å². The minimum atomic E-state index is 1.20. The Kier molecular flexibility index (Phi) is 6.45. The normalized spacial score (nSPS) is 14.2. The van der Waals surface area contributed by atoms with Crippen LogP contribution in [0.5, 0.6) is 0 Å². The molecule has 0 aromatic heterocycles. The smallest absolute Gasteiger partial charge is 0.0244 e. The summed E-state index contributed by atoms with van der Waals surface area (Å²) in [6, 6.07) is 0. The molecule has 1 aliphatic rings. The Morgan fingerprint density at radius 1 is 1.33 bits per heavy atom. The first kappa shape index (κ1) is 11.2. The van der Waals surface area contributed by atoms with Crippen LogP contribution in [0.25, 0.3) is 0 Å². The molecule has 0 aromatic carbocycles. The van der Waals surface area contributed by atoms with Gasteiger partial charge in [-0.25, -0.2) is 0 Å². The zero-order chi connectivity index (χ0) is 9.40. The van der Waals surface area contributed by atoms with Crippen LogP contribution in [0.4, 0.5) is 0 Å². The maximum Gasteiger partial charge on any atom is -0.0244 e. The van der Waals surface area contributed by atoms with Gasteiger partial charge >= 0.3 is 0 Å². The minimum absolute atomic E-state index is 1.20. The summed E-state index contributed by atoms with van der Waals surface area (Å²) < 4.78 is 0. The van der Waals surface area contributed by atoms with Crippen LogP contribution in [-0.2, 0) is 0 Å². The minimum Gasteiger partial charge on any atom is -0.0842 e. The lowest BCUT2D eigenvalue weighted by atomic mass is 10.0. The number of hydrogen-bond donors (Lipinski definition) is 0. The van der Waals surface area contributed by atoms with Crippen LogP contribution in [-0.4, -0.2) is 0 Å². The van der Waals surface area contributed by atoms with E-state index in [0.717, 1.165) is 0 Å². The maximum absolute atomic E-state index is 2.25. The Hall–Kier alpha value is -0.780. The van der Waals surface area contributed by atoms with E-state index in [4.69, 9.17) is 0 Å². The van der Waals surface area contributed by atoms with Gasteiger partial charge in [0.25, 0.3) is 0 Å². The highest BCUT2D eigenvalue weighted by Crippen LogP contribution is 2.14. The van der Waals surface area contributed by atoms with Gasteiger partial charge < -0.3 is 0 Å². The lowest BCUT2D eigenvalue weighted by Gasteiger charge is -2.03. The van der Waals surface area contributed by atoms with E-state index < -0.39 is 0 Å². The van der Waals surface area contributed by atoms with Crippen molar-refractivity contribution >= 4 is 0 Å². The highest BCUT2D eigenvalue weighted by atomic mass is 14.0. The Balaban J connectivity index is 0.000000561. The van der Waals surface area contributed by atoms with Crippen molar-refractivity contribution < 1.29 is 0 Å². The summed E-state index contributed by atoms with van der Waals surface area (Å²) in [5, 5.41) is 0. The fourth-order valence-electron chi connectivity index (χ4n) is 1.11. The summed E-state index contributed by atoms with van der Waals surface area (Å²) in [6.45, 7) is 8.28. The second-order valence-corrected chi connectivity index (χ2v) is 2.93. The molecule has 0 N–H and O–H groups in total. The van der Waals surface area contributed by atoms with Crippen LogP contribution in [0, 0.1) is 0 Å². The van der Waals surface area contributed by atoms with Gasteiger partial charge in [0.2, 0.25) is 0 Å². The van der Waals surface area contributed by atoms with Gasteiger partial charge in [0.05, 0.1) is 0 Å². The van der Waals surface area contributed by atoms with Crippen LogP contribution in [0.2, 0.25) is 0 Å². The second-order valence-electron chi connectivity index (χ2n) is 2.93. The van der Waals surface area contributed by atoms with Crippen LogP contribution < -0.4 is 0 Å². The number of rotatable bonds is 1. The van der Waals surface area contributed by atoms with Gasteiger partial charge in [-0.2, -0.15) is 0 Å². The quantitative estimate of drug-likeness (QED) is 0.543. The van der Waals surface area contributed by atoms with E-state index in [1.807, 2.05) is 13.8 Å². The molecule has 0 amide bonds. The molecule has 0 aromatic rings. The largest absolute Gasteiger partial charge is 0.0842 e. The maximum atomic E-state index is 2.25. The third-order valence-corrected chi connectivity index (χ3v) is 1.52. The van der Waals surface area contributed by atoms with E-state index in [-0.39, 0.29) is 0 Å². The van der Waals surface area contributed by atoms with Crippen molar-refractivity contribution in [1.82, 2.24) is 0 Å². The molecule has 0 spiro atoms. The van der Waals surface area contributed by atoms with Crippen molar-refractivity contribution in [3.05, 3.63) is 35.5 Å². The molecule has 68 valence electrons. The summed E-state index contributed by atoms with van der Waals surface area (Å²) >= 11 is 0. The molecule has 0 saturated heterocycles. The van der Waals surface area contributed by atoms with Gasteiger partial charge in [0, 0.05) is 0 Å². The molecule has 0 heteroatoms. The Morgan fingerprint density at radius 3 is 2.42 bits per heavy atom. The zero-order valence-electron chi connectivity index (χ0n) is 8.72. The predicted molar refractivity (Wildman–Crippen MR) is 57.2 cm³/mol. The first-order valence-electron chi connectivity index (χ1n) is 4.79. The summed E-state index contributed by atoms with van der Waals surface area (Å²) in [5.74, 6) is 0. The standard InChI is InChI=1S/C10H14.C2H6/c1-9(2)8-10-6-4-3-5-7-10;1-2/h3-4,6,8H,5,7H2,1-2H3;1-2H3. The molecule has 0 atom stereocenters. The Morgan fingerprint density at radius 2 is 2.00 bits per heavy atom. The van der Waals surface area contributed by atoms with E-state index in [0.29, 0.717) is 0 Å². The summed E-state index contributed by atoms with van der Waals surface area (Å²) in [6.07, 6.45) is 11.2. The molecule has 0 radical (unpaired) electrons. The summed E-state index contributed by atoms with van der Waals surface area (Å²) in [5.41, 5.74) is 2.85. The topological polar surface area (TPSA) is 0 Å². The van der Waals surface area contributed by atoms with Gasteiger partial charge in [0.1, 0.15) is 0 Å². The first-order chi connectivity index (χ1) is 5.79. The molecule has 12 heavy (non-hydrogen) atoms. The fraction of sp³-hybridized carbons (Fsp3) is 0.500. The van der Waals surface area contributed by atoms with Crippen molar-refractivity contribution in [3.8, 4) is 0 Å². The van der Waals surface area contributed by atoms with Gasteiger partial charge in [-0.1, -0.05) is 43.7 Å². The summed E-state index contributed by atoms with van der Waals surface area (Å²) in [4.78, 5) is 0. The number of allylic oxidation sites excluding steroid dienone is 6. The van der Waals surface area contributed by atoms with E-state index in [1.54, 1.807) is 0 Å². The van der Waals surface area contributed by atoms with Crippen molar-refractivity contribution in [2.45, 2.75) is 40.5 Å². The predicted octanol–water partition coefficient (Wildman–Crippen LogP) is 4.26. The molecular weight excluding hydrogens is 144 g/mol. The van der Waals surface area contributed by atoms with E-state index in [1.165, 1.54) is 24.0 Å². The lowest BCUT2D eigenvalue weighted by Crippen LogP contribution is -1.83.